The number of nitrogens with one attached hydrogen (secondary N) is 1. The van der Waals surface area contributed by atoms with E-state index in [1.165, 1.54) is 7.05 Å². The molecular formula is C9H9F3N6O3. The highest BCUT2D eigenvalue weighted by molar-refractivity contribution is 5.97. The number of imidazole rings is 1. The van der Waals surface area contributed by atoms with E-state index in [-0.39, 0.29) is 11.3 Å². The van der Waals surface area contributed by atoms with E-state index in [4.69, 9.17) is 0 Å². The van der Waals surface area contributed by atoms with E-state index in [0.717, 1.165) is 10.7 Å². The van der Waals surface area contributed by atoms with Crippen LogP contribution in [0.2, 0.25) is 0 Å². The maximum atomic E-state index is 11.9. The highest BCUT2D eigenvalue weighted by Crippen LogP contribution is 2.15. The van der Waals surface area contributed by atoms with Crippen molar-refractivity contribution in [2.75, 3.05) is 13.7 Å². The molecule has 2 rings (SSSR count). The van der Waals surface area contributed by atoms with Crippen molar-refractivity contribution in [3.8, 4) is 0 Å². The zero-order valence-electron chi connectivity index (χ0n) is 10.6. The summed E-state index contributed by atoms with van der Waals surface area (Å²) in [5.41, 5.74) is -0.985. The number of rotatable bonds is 4. The Kier molecular flexibility index (Phi) is 3.88. The number of carbonyl (C=O) groups is 1. The molecule has 2 heterocycles. The quantitative estimate of drug-likeness (QED) is 0.792. The molecule has 0 aliphatic heterocycles. The summed E-state index contributed by atoms with van der Waals surface area (Å²) < 4.78 is 40.6. The maximum absolute atomic E-state index is 11.9. The number of ether oxygens (including phenoxy) is 1. The van der Waals surface area contributed by atoms with Crippen molar-refractivity contribution in [3.05, 3.63) is 22.5 Å². The van der Waals surface area contributed by atoms with Gasteiger partial charge in [-0.15, -0.1) is 18.3 Å². The topological polar surface area (TPSA) is 103 Å². The van der Waals surface area contributed by atoms with Gasteiger partial charge in [0.25, 0.3) is 5.91 Å². The van der Waals surface area contributed by atoms with Crippen LogP contribution in [0.15, 0.2) is 11.1 Å². The number of hydrogen-bond donors (Lipinski definition) is 1. The number of hydrogen-bond acceptors (Lipinski definition) is 6. The predicted molar refractivity (Wildman–Crippen MR) is 60.4 cm³/mol. The van der Waals surface area contributed by atoms with Crippen molar-refractivity contribution in [1.82, 2.24) is 29.7 Å². The number of alkyl halides is 3. The van der Waals surface area contributed by atoms with Crippen LogP contribution in [0.1, 0.15) is 10.5 Å². The van der Waals surface area contributed by atoms with Crippen LogP contribution in [0.3, 0.4) is 0 Å². The van der Waals surface area contributed by atoms with Crippen molar-refractivity contribution in [2.45, 2.75) is 12.9 Å². The van der Waals surface area contributed by atoms with Gasteiger partial charge in [0.15, 0.2) is 11.3 Å². The monoisotopic (exact) mass is 306 g/mol. The maximum Gasteiger partial charge on any atom is 0.522 e. The van der Waals surface area contributed by atoms with Gasteiger partial charge >= 0.3 is 12.1 Å². The number of amides is 1. The lowest BCUT2D eigenvalue weighted by Gasteiger charge is -2.07. The van der Waals surface area contributed by atoms with E-state index in [1.807, 2.05) is 0 Å². The Balaban J connectivity index is 2.27. The van der Waals surface area contributed by atoms with Crippen LogP contribution in [-0.4, -0.2) is 50.3 Å². The van der Waals surface area contributed by atoms with Crippen LogP contribution >= 0.6 is 0 Å². The van der Waals surface area contributed by atoms with Gasteiger partial charge in [-0.05, 0) is 0 Å². The summed E-state index contributed by atoms with van der Waals surface area (Å²) in [5.74, 6) is -0.565. The van der Waals surface area contributed by atoms with Gasteiger partial charge in [0.05, 0.1) is 13.2 Å². The smallest absolute Gasteiger partial charge is 0.354 e. The molecule has 0 bridgehead atoms. The normalized spacial score (nSPS) is 11.8. The predicted octanol–water partition coefficient (Wildman–Crippen LogP) is -0.818. The van der Waals surface area contributed by atoms with Gasteiger partial charge in [-0.25, -0.2) is 14.2 Å². The summed E-state index contributed by atoms with van der Waals surface area (Å²) in [7, 11) is 1.37. The van der Waals surface area contributed by atoms with Crippen molar-refractivity contribution in [2.24, 2.45) is 0 Å². The van der Waals surface area contributed by atoms with E-state index < -0.39 is 31.1 Å². The van der Waals surface area contributed by atoms with E-state index in [2.05, 4.69) is 25.3 Å². The van der Waals surface area contributed by atoms with E-state index in [1.54, 1.807) is 0 Å². The molecule has 0 aromatic carbocycles. The first kappa shape index (κ1) is 14.9. The third-order valence-corrected chi connectivity index (χ3v) is 2.43. The van der Waals surface area contributed by atoms with Crippen LogP contribution in [-0.2, 0) is 11.3 Å². The molecule has 0 aliphatic rings. The van der Waals surface area contributed by atoms with Gasteiger partial charge < -0.3 is 5.32 Å². The van der Waals surface area contributed by atoms with Crippen LogP contribution in [0.5, 0.6) is 0 Å². The Hall–Kier alpha value is -2.50. The van der Waals surface area contributed by atoms with Crippen molar-refractivity contribution in [1.29, 1.82) is 0 Å². The van der Waals surface area contributed by atoms with Crippen LogP contribution in [0.4, 0.5) is 13.2 Å². The fourth-order valence-corrected chi connectivity index (χ4v) is 1.50. The molecule has 2 aromatic heterocycles. The van der Waals surface area contributed by atoms with Gasteiger partial charge in [-0.3, -0.25) is 9.53 Å². The second-order valence-corrected chi connectivity index (χ2v) is 3.76. The highest BCUT2D eigenvalue weighted by atomic mass is 19.4. The van der Waals surface area contributed by atoms with Gasteiger partial charge in [0.1, 0.15) is 6.33 Å². The molecule has 2 aromatic rings. The second-order valence-electron chi connectivity index (χ2n) is 3.76. The Labute approximate surface area is 114 Å². The first-order valence-electron chi connectivity index (χ1n) is 5.57. The molecule has 12 heteroatoms. The summed E-state index contributed by atoms with van der Waals surface area (Å²) in [6.07, 6.45) is -3.75. The van der Waals surface area contributed by atoms with Gasteiger partial charge in [-0.1, -0.05) is 5.21 Å². The Bertz CT molecular complexity index is 722. The minimum Gasteiger partial charge on any atom is -0.354 e. The van der Waals surface area contributed by atoms with Crippen molar-refractivity contribution >= 4 is 11.6 Å². The standard InChI is InChI=1S/C9H9F3N6O3/c1-13-7(19)5-6-15-16-18(2-3-21-9(10,11)12)8(20)17(6)4-14-5/h4H,2-3H2,1H3,(H,13,19). The third-order valence-electron chi connectivity index (χ3n) is 2.43. The fraction of sp³-hybridized carbons (Fsp3) is 0.444. The number of fused-ring (bicyclic) bond motifs is 1. The van der Waals surface area contributed by atoms with Gasteiger partial charge in [0, 0.05) is 7.05 Å². The lowest BCUT2D eigenvalue weighted by Crippen LogP contribution is -2.32. The van der Waals surface area contributed by atoms with Crippen molar-refractivity contribution in [3.63, 3.8) is 0 Å². The largest absolute Gasteiger partial charge is 0.522 e. The van der Waals surface area contributed by atoms with E-state index in [9.17, 15) is 22.8 Å². The van der Waals surface area contributed by atoms with E-state index >= 15 is 0 Å². The molecule has 9 nitrogen and oxygen atoms in total. The molecule has 0 aliphatic carbocycles. The molecule has 1 N–H and O–H groups in total. The molecule has 0 saturated carbocycles. The molecule has 114 valence electrons. The lowest BCUT2D eigenvalue weighted by molar-refractivity contribution is -0.325. The van der Waals surface area contributed by atoms with Gasteiger partial charge in [0.2, 0.25) is 0 Å². The summed E-state index contributed by atoms with van der Waals surface area (Å²) >= 11 is 0. The molecular weight excluding hydrogens is 297 g/mol. The molecule has 0 unspecified atom stereocenters. The van der Waals surface area contributed by atoms with E-state index in [0.29, 0.717) is 4.68 Å². The minimum absolute atomic E-state index is 0.0904. The van der Waals surface area contributed by atoms with Crippen LogP contribution < -0.4 is 11.0 Å². The Morgan fingerprint density at radius 1 is 1.48 bits per heavy atom. The van der Waals surface area contributed by atoms with Crippen molar-refractivity contribution < 1.29 is 22.7 Å². The highest BCUT2D eigenvalue weighted by Gasteiger charge is 2.28. The molecule has 0 fully saturated rings. The van der Waals surface area contributed by atoms with Crippen LogP contribution in [0.25, 0.3) is 5.65 Å². The summed E-state index contributed by atoms with van der Waals surface area (Å²) in [5, 5.41) is 9.35. The molecule has 0 spiro atoms. The summed E-state index contributed by atoms with van der Waals surface area (Å²) in [4.78, 5) is 27.1. The average molecular weight is 306 g/mol. The molecule has 21 heavy (non-hydrogen) atoms. The Morgan fingerprint density at radius 3 is 2.81 bits per heavy atom. The Morgan fingerprint density at radius 2 is 2.19 bits per heavy atom. The minimum atomic E-state index is -4.79. The summed E-state index contributed by atoms with van der Waals surface area (Å²) in [6.45, 7) is -1.24. The third kappa shape index (κ3) is 3.16. The number of nitrogens with zero attached hydrogens (tertiary/aromatic N) is 5. The number of aromatic nitrogens is 5. The molecule has 0 saturated heterocycles. The number of carbonyl (C=O) groups excluding carboxylic acids is 1. The number of halogens is 3. The SMILES string of the molecule is CNC(=O)c1ncn2c(=O)n(CCOC(F)(F)F)nnc12. The molecule has 0 atom stereocenters. The zero-order valence-corrected chi connectivity index (χ0v) is 10.6. The first-order valence-corrected chi connectivity index (χ1v) is 5.57. The lowest BCUT2D eigenvalue weighted by atomic mass is 10.4. The fourth-order valence-electron chi connectivity index (χ4n) is 1.50. The zero-order chi connectivity index (χ0) is 15.6. The van der Waals surface area contributed by atoms with Crippen LogP contribution in [0, 0.1) is 0 Å². The first-order chi connectivity index (χ1) is 9.83. The van der Waals surface area contributed by atoms with Gasteiger partial charge in [-0.2, -0.15) is 4.68 Å². The second kappa shape index (κ2) is 5.47. The summed E-state index contributed by atoms with van der Waals surface area (Å²) in [6, 6.07) is 0. The average Bonchev–Trinajstić information content (AvgIpc) is 2.84. The molecule has 1 amide bonds. The molecule has 0 radical (unpaired) electrons.